The summed E-state index contributed by atoms with van der Waals surface area (Å²) in [5, 5.41) is 6.69. The third-order valence-corrected chi connectivity index (χ3v) is 3.90. The van der Waals surface area contributed by atoms with Crippen LogP contribution < -0.4 is 10.6 Å². The zero-order chi connectivity index (χ0) is 17.1. The number of hydrogen-bond donors (Lipinski definition) is 2. The molecule has 1 heterocycles. The summed E-state index contributed by atoms with van der Waals surface area (Å²) in [5.41, 5.74) is 6.56. The molecule has 0 fully saturated rings. The number of nitrogens with zero attached hydrogens (tertiary/aromatic N) is 2. The molecule has 24 heavy (non-hydrogen) atoms. The topological polar surface area (TPSA) is 49.8 Å². The maximum atomic E-state index is 4.60. The zero-order valence-electron chi connectivity index (χ0n) is 14.5. The van der Waals surface area contributed by atoms with Gasteiger partial charge in [-0.3, -0.25) is 0 Å². The number of rotatable bonds is 4. The summed E-state index contributed by atoms with van der Waals surface area (Å²) in [6.45, 7) is 8.20. The molecule has 0 radical (unpaired) electrons. The fraction of sp³-hybridized carbons (Fsp3) is 0.200. The molecule has 0 unspecified atom stereocenters. The summed E-state index contributed by atoms with van der Waals surface area (Å²) in [7, 11) is 0. The molecule has 0 aliphatic heterocycles. The van der Waals surface area contributed by atoms with Crippen LogP contribution in [0.3, 0.4) is 0 Å². The summed E-state index contributed by atoms with van der Waals surface area (Å²) in [6.07, 6.45) is 0. The lowest BCUT2D eigenvalue weighted by Crippen LogP contribution is -2.04. The maximum Gasteiger partial charge on any atom is 0.229 e. The predicted molar refractivity (Wildman–Crippen MR) is 100 cm³/mol. The predicted octanol–water partition coefficient (Wildman–Crippen LogP) is 5.20. The van der Waals surface area contributed by atoms with Crippen LogP contribution >= 0.6 is 0 Å². The van der Waals surface area contributed by atoms with Crippen molar-refractivity contribution in [2.45, 2.75) is 27.7 Å². The Balaban J connectivity index is 1.87. The molecule has 4 nitrogen and oxygen atoms in total. The van der Waals surface area contributed by atoms with Gasteiger partial charge in [0.25, 0.3) is 0 Å². The fourth-order valence-corrected chi connectivity index (χ4v) is 2.60. The number of aryl methyl sites for hydroxylation is 4. The van der Waals surface area contributed by atoms with Gasteiger partial charge in [-0.25, -0.2) is 4.98 Å². The second-order valence-electron chi connectivity index (χ2n) is 6.10. The van der Waals surface area contributed by atoms with E-state index >= 15 is 0 Å². The summed E-state index contributed by atoms with van der Waals surface area (Å²) < 4.78 is 0. The minimum absolute atomic E-state index is 0.599. The highest BCUT2D eigenvalue weighted by Gasteiger charge is 2.07. The molecule has 0 aliphatic rings. The standard InChI is InChI=1S/C20H22N4/c1-13-8-10-17(11-9-13)22-18-12-16(4)21-20(23-18)24-19-14(2)6-5-7-15(19)3/h5-12H,1-4H3,(H2,21,22,23,24). The van der Waals surface area contributed by atoms with Crippen molar-refractivity contribution in [2.24, 2.45) is 0 Å². The molecule has 4 heteroatoms. The highest BCUT2D eigenvalue weighted by atomic mass is 15.1. The largest absolute Gasteiger partial charge is 0.340 e. The molecule has 2 N–H and O–H groups in total. The molecular formula is C20H22N4. The van der Waals surface area contributed by atoms with E-state index in [0.29, 0.717) is 5.95 Å². The SMILES string of the molecule is Cc1ccc(Nc2cc(C)nc(Nc3c(C)cccc3C)n2)cc1. The minimum atomic E-state index is 0.599. The van der Waals surface area contributed by atoms with Gasteiger partial charge in [-0.1, -0.05) is 35.9 Å². The Kier molecular flexibility index (Phi) is 4.47. The normalized spacial score (nSPS) is 10.5. The van der Waals surface area contributed by atoms with E-state index in [4.69, 9.17) is 0 Å². The molecule has 122 valence electrons. The monoisotopic (exact) mass is 318 g/mol. The highest BCUT2D eigenvalue weighted by molar-refractivity contribution is 5.64. The Hall–Kier alpha value is -2.88. The summed E-state index contributed by atoms with van der Waals surface area (Å²) in [6, 6.07) is 16.4. The lowest BCUT2D eigenvalue weighted by atomic mass is 10.1. The van der Waals surface area contributed by atoms with Gasteiger partial charge in [0.15, 0.2) is 0 Å². The molecule has 3 aromatic rings. The van der Waals surface area contributed by atoms with Gasteiger partial charge in [0.2, 0.25) is 5.95 Å². The molecule has 0 bridgehead atoms. The number of nitrogens with one attached hydrogen (secondary N) is 2. The second-order valence-corrected chi connectivity index (χ2v) is 6.10. The molecule has 0 spiro atoms. The average molecular weight is 318 g/mol. The Labute approximate surface area is 143 Å². The van der Waals surface area contributed by atoms with Crippen LogP contribution in [0.1, 0.15) is 22.4 Å². The summed E-state index contributed by atoms with van der Waals surface area (Å²) in [4.78, 5) is 9.10. The zero-order valence-corrected chi connectivity index (χ0v) is 14.5. The number of para-hydroxylation sites is 1. The molecule has 0 saturated heterocycles. The van der Waals surface area contributed by atoms with Gasteiger partial charge >= 0.3 is 0 Å². The van der Waals surface area contributed by atoms with Crippen molar-refractivity contribution < 1.29 is 0 Å². The molecule has 0 saturated carbocycles. The smallest absolute Gasteiger partial charge is 0.229 e. The first-order valence-corrected chi connectivity index (χ1v) is 8.04. The van der Waals surface area contributed by atoms with Crippen LogP contribution in [-0.2, 0) is 0 Å². The summed E-state index contributed by atoms with van der Waals surface area (Å²) >= 11 is 0. The first-order valence-electron chi connectivity index (χ1n) is 8.04. The lowest BCUT2D eigenvalue weighted by molar-refractivity contribution is 1.10. The number of benzene rings is 2. The van der Waals surface area contributed by atoms with E-state index in [1.807, 2.05) is 25.1 Å². The van der Waals surface area contributed by atoms with E-state index in [9.17, 15) is 0 Å². The molecule has 1 aromatic heterocycles. The Morgan fingerprint density at radius 1 is 0.750 bits per heavy atom. The first-order chi connectivity index (χ1) is 11.5. The Morgan fingerprint density at radius 2 is 1.42 bits per heavy atom. The van der Waals surface area contributed by atoms with E-state index < -0.39 is 0 Å². The average Bonchev–Trinajstić information content (AvgIpc) is 2.53. The first kappa shape index (κ1) is 16.0. The van der Waals surface area contributed by atoms with Crippen LogP contribution in [0.4, 0.5) is 23.1 Å². The third kappa shape index (κ3) is 3.71. The molecule has 0 amide bonds. The number of aromatic nitrogens is 2. The van der Waals surface area contributed by atoms with Crippen LogP contribution in [-0.4, -0.2) is 9.97 Å². The van der Waals surface area contributed by atoms with Gasteiger partial charge < -0.3 is 10.6 Å². The minimum Gasteiger partial charge on any atom is -0.340 e. The van der Waals surface area contributed by atoms with Crippen molar-refractivity contribution >= 4 is 23.1 Å². The van der Waals surface area contributed by atoms with E-state index in [1.165, 1.54) is 16.7 Å². The van der Waals surface area contributed by atoms with Crippen molar-refractivity contribution in [3.63, 3.8) is 0 Å². The van der Waals surface area contributed by atoms with Gasteiger partial charge in [-0.2, -0.15) is 4.98 Å². The van der Waals surface area contributed by atoms with Gasteiger partial charge in [0.05, 0.1) is 0 Å². The molecule has 0 aliphatic carbocycles. The van der Waals surface area contributed by atoms with E-state index in [-0.39, 0.29) is 0 Å². The number of hydrogen-bond acceptors (Lipinski definition) is 4. The quantitative estimate of drug-likeness (QED) is 0.694. The van der Waals surface area contributed by atoms with Gasteiger partial charge in [-0.05, 0) is 51.0 Å². The molecule has 0 atom stereocenters. The van der Waals surface area contributed by atoms with Crippen LogP contribution in [0.5, 0.6) is 0 Å². The Morgan fingerprint density at radius 3 is 2.08 bits per heavy atom. The van der Waals surface area contributed by atoms with E-state index in [2.05, 4.69) is 71.7 Å². The third-order valence-electron chi connectivity index (χ3n) is 3.90. The van der Waals surface area contributed by atoms with Crippen molar-refractivity contribution in [2.75, 3.05) is 10.6 Å². The van der Waals surface area contributed by atoms with Crippen LogP contribution in [0.25, 0.3) is 0 Å². The van der Waals surface area contributed by atoms with Gasteiger partial charge in [0.1, 0.15) is 5.82 Å². The van der Waals surface area contributed by atoms with Crippen LogP contribution in [0, 0.1) is 27.7 Å². The van der Waals surface area contributed by atoms with Gasteiger partial charge in [0, 0.05) is 23.1 Å². The van der Waals surface area contributed by atoms with E-state index in [1.54, 1.807) is 0 Å². The van der Waals surface area contributed by atoms with E-state index in [0.717, 1.165) is 22.9 Å². The van der Waals surface area contributed by atoms with Crippen LogP contribution in [0.2, 0.25) is 0 Å². The second kappa shape index (κ2) is 6.71. The molecule has 3 rings (SSSR count). The number of anilines is 4. The van der Waals surface area contributed by atoms with Crippen molar-refractivity contribution in [1.29, 1.82) is 0 Å². The van der Waals surface area contributed by atoms with Crippen molar-refractivity contribution in [3.05, 3.63) is 70.9 Å². The molecule has 2 aromatic carbocycles. The van der Waals surface area contributed by atoms with Crippen LogP contribution in [0.15, 0.2) is 48.5 Å². The lowest BCUT2D eigenvalue weighted by Gasteiger charge is -2.13. The molecular weight excluding hydrogens is 296 g/mol. The van der Waals surface area contributed by atoms with Crippen molar-refractivity contribution in [1.82, 2.24) is 9.97 Å². The fourth-order valence-electron chi connectivity index (χ4n) is 2.60. The highest BCUT2D eigenvalue weighted by Crippen LogP contribution is 2.24. The van der Waals surface area contributed by atoms with Gasteiger partial charge in [-0.15, -0.1) is 0 Å². The summed E-state index contributed by atoms with van der Waals surface area (Å²) in [5.74, 6) is 1.38. The van der Waals surface area contributed by atoms with Crippen molar-refractivity contribution in [3.8, 4) is 0 Å². The maximum absolute atomic E-state index is 4.60. The Bertz CT molecular complexity index is 834.